The molecule has 67 heavy (non-hydrogen) atoms. The van der Waals surface area contributed by atoms with Crippen LogP contribution >= 0.6 is 0 Å². The second-order valence-electron chi connectivity index (χ2n) is 20.7. The Morgan fingerprint density at radius 1 is 0.358 bits per heavy atom. The number of unbranched alkanes of at least 4 members (excludes halogenated alkanes) is 40. The third kappa shape index (κ3) is 49.3. The average Bonchev–Trinajstić information content (AvgIpc) is 3.33. The molecule has 6 heteroatoms. The van der Waals surface area contributed by atoms with E-state index in [0.717, 1.165) is 38.5 Å². The number of nitrogens with one attached hydrogen (secondary N) is 1. The number of aliphatic hydroxyl groups is 4. The lowest BCUT2D eigenvalue weighted by Gasteiger charge is -2.27. The van der Waals surface area contributed by atoms with E-state index in [2.05, 4.69) is 55.6 Å². The van der Waals surface area contributed by atoms with Gasteiger partial charge in [0.05, 0.1) is 18.8 Å². The highest BCUT2D eigenvalue weighted by molar-refractivity contribution is 5.80. The number of aliphatic hydroxyl groups excluding tert-OH is 4. The monoisotopic (exact) mass is 944 g/mol. The molecule has 0 aromatic heterocycles. The first-order valence-electron chi connectivity index (χ1n) is 29.9. The molecule has 0 aliphatic heterocycles. The van der Waals surface area contributed by atoms with E-state index in [9.17, 15) is 25.2 Å². The van der Waals surface area contributed by atoms with Crippen LogP contribution in [-0.4, -0.2) is 57.3 Å². The first-order valence-corrected chi connectivity index (χ1v) is 29.9. The lowest BCUT2D eigenvalue weighted by Crippen LogP contribution is -2.53. The van der Waals surface area contributed by atoms with E-state index in [-0.39, 0.29) is 0 Å². The molecule has 0 rings (SSSR count). The minimum Gasteiger partial charge on any atom is -0.394 e. The maximum Gasteiger partial charge on any atom is 0.249 e. The summed E-state index contributed by atoms with van der Waals surface area (Å²) in [4.78, 5) is 12.6. The van der Waals surface area contributed by atoms with E-state index >= 15 is 0 Å². The predicted molar refractivity (Wildman–Crippen MR) is 293 cm³/mol. The van der Waals surface area contributed by atoms with E-state index in [1.165, 1.54) is 244 Å². The van der Waals surface area contributed by atoms with Crippen molar-refractivity contribution in [3.63, 3.8) is 0 Å². The lowest BCUT2D eigenvalue weighted by atomic mass is 10.00. The van der Waals surface area contributed by atoms with Gasteiger partial charge in [-0.25, -0.2) is 0 Å². The Morgan fingerprint density at radius 3 is 0.940 bits per heavy atom. The molecule has 396 valence electrons. The van der Waals surface area contributed by atoms with Crippen molar-refractivity contribution in [2.24, 2.45) is 0 Å². The SMILES string of the molecule is CCCCCCCCCCCCCC/C=C\CCCCCCCCCCCCCCCC(O)C(=O)NC(CO)C(O)C(O)CCC/C=C/CC/C=C/CCCCCCCCCCCCCCC. The maximum atomic E-state index is 12.6. The molecule has 0 aliphatic carbocycles. The zero-order valence-electron chi connectivity index (χ0n) is 44.9. The van der Waals surface area contributed by atoms with Gasteiger partial charge in [0.25, 0.3) is 0 Å². The van der Waals surface area contributed by atoms with Crippen LogP contribution in [0.25, 0.3) is 0 Å². The zero-order valence-corrected chi connectivity index (χ0v) is 44.9. The Hall–Kier alpha value is -1.47. The van der Waals surface area contributed by atoms with Gasteiger partial charge in [-0.3, -0.25) is 4.79 Å². The molecule has 0 fully saturated rings. The summed E-state index contributed by atoms with van der Waals surface area (Å²) in [5.41, 5.74) is 0. The Morgan fingerprint density at radius 2 is 0.627 bits per heavy atom. The van der Waals surface area contributed by atoms with E-state index in [4.69, 9.17) is 0 Å². The molecule has 4 unspecified atom stereocenters. The smallest absolute Gasteiger partial charge is 0.249 e. The van der Waals surface area contributed by atoms with Gasteiger partial charge in [-0.15, -0.1) is 0 Å². The largest absolute Gasteiger partial charge is 0.394 e. The summed E-state index contributed by atoms with van der Waals surface area (Å²) < 4.78 is 0. The van der Waals surface area contributed by atoms with E-state index in [1.54, 1.807) is 0 Å². The van der Waals surface area contributed by atoms with Crippen LogP contribution in [0.15, 0.2) is 36.5 Å². The molecule has 0 aliphatic rings. The van der Waals surface area contributed by atoms with Crippen molar-refractivity contribution in [1.29, 1.82) is 0 Å². The number of hydrogen-bond acceptors (Lipinski definition) is 5. The number of allylic oxidation sites excluding steroid dienone is 6. The van der Waals surface area contributed by atoms with E-state index < -0.39 is 36.9 Å². The van der Waals surface area contributed by atoms with Crippen LogP contribution in [0, 0.1) is 0 Å². The first kappa shape index (κ1) is 65.5. The molecular weight excluding hydrogens is 827 g/mol. The summed E-state index contributed by atoms with van der Waals surface area (Å²) in [7, 11) is 0. The highest BCUT2D eigenvalue weighted by Crippen LogP contribution is 2.17. The van der Waals surface area contributed by atoms with Gasteiger partial charge in [-0.05, 0) is 77.0 Å². The molecule has 0 spiro atoms. The summed E-state index contributed by atoms with van der Waals surface area (Å²) >= 11 is 0. The molecular formula is C61H117NO5. The van der Waals surface area contributed by atoms with Gasteiger partial charge in [0.1, 0.15) is 12.2 Å². The molecule has 1 amide bonds. The normalized spacial score (nSPS) is 13.9. The van der Waals surface area contributed by atoms with Gasteiger partial charge in [0.2, 0.25) is 5.91 Å². The van der Waals surface area contributed by atoms with Gasteiger partial charge in [-0.2, -0.15) is 0 Å². The van der Waals surface area contributed by atoms with Gasteiger partial charge in [0, 0.05) is 0 Å². The van der Waals surface area contributed by atoms with Crippen molar-refractivity contribution in [1.82, 2.24) is 5.32 Å². The zero-order chi connectivity index (χ0) is 48.8. The van der Waals surface area contributed by atoms with Crippen LogP contribution in [0.3, 0.4) is 0 Å². The summed E-state index contributed by atoms with van der Waals surface area (Å²) in [5, 5.41) is 44.0. The van der Waals surface area contributed by atoms with Crippen molar-refractivity contribution < 1.29 is 25.2 Å². The minimum absolute atomic E-state index is 0.361. The summed E-state index contributed by atoms with van der Waals surface area (Å²) in [6.07, 6.45) is 69.4. The second-order valence-corrected chi connectivity index (χ2v) is 20.7. The molecule has 5 N–H and O–H groups in total. The molecule has 6 nitrogen and oxygen atoms in total. The molecule has 0 radical (unpaired) electrons. The fourth-order valence-electron chi connectivity index (χ4n) is 9.36. The fourth-order valence-corrected chi connectivity index (χ4v) is 9.36. The quantitative estimate of drug-likeness (QED) is 0.0308. The Balaban J connectivity index is 3.64. The minimum atomic E-state index is -1.29. The van der Waals surface area contributed by atoms with Gasteiger partial charge in [-0.1, -0.05) is 275 Å². The molecule has 0 saturated carbocycles. The van der Waals surface area contributed by atoms with Crippen LogP contribution < -0.4 is 5.32 Å². The number of hydrogen-bond donors (Lipinski definition) is 5. The topological polar surface area (TPSA) is 110 Å². The van der Waals surface area contributed by atoms with Crippen LogP contribution in [-0.2, 0) is 4.79 Å². The molecule has 0 bridgehead atoms. The molecule has 0 saturated heterocycles. The molecule has 0 heterocycles. The molecule has 0 aromatic rings. The fraction of sp³-hybridized carbons (Fsp3) is 0.885. The van der Waals surface area contributed by atoms with Gasteiger partial charge >= 0.3 is 0 Å². The summed E-state index contributed by atoms with van der Waals surface area (Å²) in [5.74, 6) is -0.594. The summed E-state index contributed by atoms with van der Waals surface area (Å²) in [6, 6.07) is -1.01. The van der Waals surface area contributed by atoms with E-state index in [1.807, 2.05) is 0 Å². The van der Waals surface area contributed by atoms with E-state index in [0.29, 0.717) is 19.3 Å². The van der Waals surface area contributed by atoms with Gasteiger partial charge in [0.15, 0.2) is 0 Å². The Bertz CT molecular complexity index is 1060. The van der Waals surface area contributed by atoms with Crippen LogP contribution in [0.5, 0.6) is 0 Å². The summed E-state index contributed by atoms with van der Waals surface area (Å²) in [6.45, 7) is 4.08. The second kappa shape index (κ2) is 55.5. The van der Waals surface area contributed by atoms with Crippen molar-refractivity contribution in [3.05, 3.63) is 36.5 Å². The predicted octanol–water partition coefficient (Wildman–Crippen LogP) is 17.6. The highest BCUT2D eigenvalue weighted by Gasteiger charge is 2.28. The third-order valence-corrected chi connectivity index (χ3v) is 14.1. The van der Waals surface area contributed by atoms with Crippen LogP contribution in [0.1, 0.15) is 316 Å². The number of rotatable bonds is 55. The molecule has 4 atom stereocenters. The Kier molecular flexibility index (Phi) is 54.2. The standard InChI is InChI=1S/C61H117NO5/c1-3-5-7-9-11-13-15-17-19-21-23-25-27-28-29-30-31-32-33-35-37-39-41-43-45-47-49-51-53-55-59(65)61(67)62-57(56-63)60(66)58(64)54-52-50-48-46-44-42-40-38-36-34-26-24-22-20-18-16-14-12-10-8-6-4-2/h28-29,38,40,46,48,57-60,63-66H,3-27,30-37,39,41-45,47,49-56H2,1-2H3,(H,62,67)/b29-28-,40-38+,48-46+. The first-order chi connectivity index (χ1) is 33.0. The third-order valence-electron chi connectivity index (χ3n) is 14.1. The highest BCUT2D eigenvalue weighted by atomic mass is 16.3. The number of carbonyl (C=O) groups excluding carboxylic acids is 1. The van der Waals surface area contributed by atoms with Crippen molar-refractivity contribution in [3.8, 4) is 0 Å². The van der Waals surface area contributed by atoms with Crippen LogP contribution in [0.4, 0.5) is 0 Å². The maximum absolute atomic E-state index is 12.6. The average molecular weight is 945 g/mol. The van der Waals surface area contributed by atoms with Crippen molar-refractivity contribution in [2.45, 2.75) is 340 Å². The molecule has 0 aromatic carbocycles. The van der Waals surface area contributed by atoms with Crippen molar-refractivity contribution >= 4 is 5.91 Å². The number of amides is 1. The van der Waals surface area contributed by atoms with Crippen molar-refractivity contribution in [2.75, 3.05) is 6.61 Å². The van der Waals surface area contributed by atoms with Crippen LogP contribution in [0.2, 0.25) is 0 Å². The Labute approximate surface area is 417 Å². The number of carbonyl (C=O) groups is 1. The lowest BCUT2D eigenvalue weighted by molar-refractivity contribution is -0.132. The van der Waals surface area contributed by atoms with Gasteiger partial charge < -0.3 is 25.7 Å².